The number of aromatic nitrogens is 2. The van der Waals surface area contributed by atoms with Gasteiger partial charge >= 0.3 is 0 Å². The van der Waals surface area contributed by atoms with Crippen LogP contribution in [-0.2, 0) is 20.0 Å². The topological polar surface area (TPSA) is 89.6 Å². The summed E-state index contributed by atoms with van der Waals surface area (Å²) in [6.45, 7) is 2.32. The Morgan fingerprint density at radius 3 is 2.71 bits per heavy atom. The molecule has 4 rings (SSSR count). The van der Waals surface area contributed by atoms with Crippen LogP contribution in [0, 0.1) is 12.3 Å². The third-order valence-corrected chi connectivity index (χ3v) is 5.72. The van der Waals surface area contributed by atoms with Crippen molar-refractivity contribution in [1.82, 2.24) is 14.5 Å². The van der Waals surface area contributed by atoms with E-state index < -0.39 is 0 Å². The van der Waals surface area contributed by atoms with Crippen molar-refractivity contribution in [2.45, 2.75) is 19.9 Å². The molecule has 4 aromatic rings. The van der Waals surface area contributed by atoms with Gasteiger partial charge in [0.15, 0.2) is 0 Å². The highest BCUT2D eigenvalue weighted by molar-refractivity contribution is 6.11. The Balaban J connectivity index is 1.77. The highest BCUT2D eigenvalue weighted by Gasteiger charge is 2.22. The second kappa shape index (κ2) is 10.2. The van der Waals surface area contributed by atoms with Crippen LogP contribution in [0.2, 0.25) is 0 Å². The van der Waals surface area contributed by atoms with Crippen molar-refractivity contribution in [3.8, 4) is 18.1 Å². The number of carbonyl (C=O) groups is 2. The van der Waals surface area contributed by atoms with Crippen molar-refractivity contribution in [1.29, 1.82) is 0 Å². The minimum absolute atomic E-state index is 0.100. The van der Waals surface area contributed by atoms with E-state index >= 15 is 0 Å². The second-order valence-corrected chi connectivity index (χ2v) is 7.93. The molecular formula is C27H26N4O4. The highest BCUT2D eigenvalue weighted by atomic mass is 16.5. The standard InChI is InChI=1S/C27H26N4O4/c1-5-13-31(17-19-10-9-14-35-19)27(33)18-15-21-25(30(3)24(6-2)28-21)22(16-18)29-26(32)20-11-7-8-12-23(20)34-4/h1,7-12,14-16H,6,13,17H2,2-4H3,(H,29,32). The highest BCUT2D eigenvalue weighted by Crippen LogP contribution is 2.29. The molecule has 0 bridgehead atoms. The van der Waals surface area contributed by atoms with E-state index in [4.69, 9.17) is 15.6 Å². The molecule has 0 radical (unpaired) electrons. The molecule has 2 amide bonds. The smallest absolute Gasteiger partial charge is 0.259 e. The SMILES string of the molecule is C#CCN(Cc1ccco1)C(=O)c1cc(NC(=O)c2ccccc2OC)c2c(c1)nc(CC)n2C. The first-order valence-corrected chi connectivity index (χ1v) is 11.2. The normalized spacial score (nSPS) is 10.7. The summed E-state index contributed by atoms with van der Waals surface area (Å²) in [7, 11) is 3.40. The van der Waals surface area contributed by atoms with Gasteiger partial charge in [-0.2, -0.15) is 0 Å². The molecule has 0 fully saturated rings. The zero-order chi connectivity index (χ0) is 24.9. The Morgan fingerprint density at radius 1 is 1.23 bits per heavy atom. The fourth-order valence-corrected chi connectivity index (χ4v) is 4.04. The predicted octanol–water partition coefficient (Wildman–Crippen LogP) is 4.27. The summed E-state index contributed by atoms with van der Waals surface area (Å²) in [6.07, 6.45) is 7.77. The zero-order valence-corrected chi connectivity index (χ0v) is 19.9. The number of furan rings is 1. The van der Waals surface area contributed by atoms with Crippen LogP contribution in [0.3, 0.4) is 0 Å². The molecule has 0 aliphatic carbocycles. The fraction of sp³-hybridized carbons (Fsp3) is 0.222. The summed E-state index contributed by atoms with van der Waals surface area (Å²) in [5, 5.41) is 2.96. The number of hydrogen-bond donors (Lipinski definition) is 1. The van der Waals surface area contributed by atoms with Crippen LogP contribution in [0.25, 0.3) is 11.0 Å². The van der Waals surface area contributed by atoms with Crippen molar-refractivity contribution in [2.24, 2.45) is 7.05 Å². The monoisotopic (exact) mass is 470 g/mol. The molecule has 35 heavy (non-hydrogen) atoms. The van der Waals surface area contributed by atoms with Gasteiger partial charge in [0.25, 0.3) is 11.8 Å². The third-order valence-electron chi connectivity index (χ3n) is 5.72. The minimum Gasteiger partial charge on any atom is -0.496 e. The number of para-hydroxylation sites is 1. The van der Waals surface area contributed by atoms with Gasteiger partial charge in [0, 0.05) is 19.0 Å². The number of nitrogens with one attached hydrogen (secondary N) is 1. The number of hydrogen-bond acceptors (Lipinski definition) is 5. The molecule has 0 saturated heterocycles. The van der Waals surface area contributed by atoms with E-state index in [2.05, 4.69) is 16.2 Å². The Hall–Kier alpha value is -4.51. The number of amides is 2. The average Bonchev–Trinajstić information content (AvgIpc) is 3.50. The van der Waals surface area contributed by atoms with E-state index in [0.717, 1.165) is 11.3 Å². The number of rotatable bonds is 8. The molecule has 2 aromatic heterocycles. The lowest BCUT2D eigenvalue weighted by Gasteiger charge is -2.20. The Bertz CT molecular complexity index is 1410. The molecule has 0 spiro atoms. The molecule has 0 atom stereocenters. The van der Waals surface area contributed by atoms with Crippen LogP contribution in [0.1, 0.15) is 39.2 Å². The third kappa shape index (κ3) is 4.75. The summed E-state index contributed by atoms with van der Waals surface area (Å²) in [5.41, 5.74) is 2.52. The van der Waals surface area contributed by atoms with E-state index in [-0.39, 0.29) is 24.9 Å². The average molecular weight is 471 g/mol. The number of imidazole rings is 1. The predicted molar refractivity (Wildman–Crippen MR) is 133 cm³/mol. The van der Waals surface area contributed by atoms with Crippen LogP contribution >= 0.6 is 0 Å². The molecule has 0 aliphatic rings. The van der Waals surface area contributed by atoms with E-state index in [1.807, 2.05) is 18.5 Å². The molecular weight excluding hydrogens is 444 g/mol. The molecule has 178 valence electrons. The molecule has 8 heteroatoms. The first kappa shape index (κ1) is 23.6. The molecule has 0 saturated carbocycles. The summed E-state index contributed by atoms with van der Waals surface area (Å²) < 4.78 is 12.7. The maximum atomic E-state index is 13.5. The van der Waals surface area contributed by atoms with E-state index in [0.29, 0.717) is 40.3 Å². The number of anilines is 1. The maximum Gasteiger partial charge on any atom is 0.259 e. The number of terminal acetylenes is 1. The number of benzene rings is 2. The first-order chi connectivity index (χ1) is 17.0. The van der Waals surface area contributed by atoms with Gasteiger partial charge in [-0.15, -0.1) is 6.42 Å². The van der Waals surface area contributed by atoms with Gasteiger partial charge in [0.05, 0.1) is 48.7 Å². The maximum absolute atomic E-state index is 13.5. The first-order valence-electron chi connectivity index (χ1n) is 11.2. The number of carbonyl (C=O) groups excluding carboxylic acids is 2. The molecule has 8 nitrogen and oxygen atoms in total. The largest absolute Gasteiger partial charge is 0.496 e. The van der Waals surface area contributed by atoms with Gasteiger partial charge in [-0.3, -0.25) is 9.59 Å². The zero-order valence-electron chi connectivity index (χ0n) is 19.9. The van der Waals surface area contributed by atoms with Crippen LogP contribution < -0.4 is 10.1 Å². The molecule has 0 aliphatic heterocycles. The van der Waals surface area contributed by atoms with E-state index in [1.54, 1.807) is 54.8 Å². The summed E-state index contributed by atoms with van der Waals surface area (Å²) >= 11 is 0. The van der Waals surface area contributed by atoms with Crippen molar-refractivity contribution in [2.75, 3.05) is 19.0 Å². The van der Waals surface area contributed by atoms with Crippen molar-refractivity contribution in [3.63, 3.8) is 0 Å². The number of ether oxygens (including phenoxy) is 1. The Morgan fingerprint density at radius 2 is 2.03 bits per heavy atom. The summed E-state index contributed by atoms with van der Waals surface area (Å²) in [4.78, 5) is 32.9. The number of fused-ring (bicyclic) bond motifs is 1. The van der Waals surface area contributed by atoms with Crippen LogP contribution in [0.15, 0.2) is 59.2 Å². The number of nitrogens with zero attached hydrogens (tertiary/aromatic N) is 3. The molecule has 0 unspecified atom stereocenters. The number of aryl methyl sites for hydroxylation is 2. The van der Waals surface area contributed by atoms with E-state index in [9.17, 15) is 9.59 Å². The van der Waals surface area contributed by atoms with Crippen molar-refractivity contribution in [3.05, 3.63) is 77.5 Å². The van der Waals surface area contributed by atoms with Crippen molar-refractivity contribution < 1.29 is 18.7 Å². The quantitative estimate of drug-likeness (QED) is 0.389. The summed E-state index contributed by atoms with van der Waals surface area (Å²) in [5.74, 6) is 3.77. The lowest BCUT2D eigenvalue weighted by atomic mass is 10.1. The Kier molecular flexibility index (Phi) is 6.88. The van der Waals surface area contributed by atoms with Gasteiger partial charge in [-0.1, -0.05) is 25.0 Å². The fourth-order valence-electron chi connectivity index (χ4n) is 4.04. The van der Waals surface area contributed by atoms with Crippen molar-refractivity contribution >= 4 is 28.5 Å². The molecule has 2 aromatic carbocycles. The van der Waals surface area contributed by atoms with Gasteiger partial charge in [0.2, 0.25) is 0 Å². The van der Waals surface area contributed by atoms with Gasteiger partial charge in [-0.05, 0) is 36.4 Å². The van der Waals surface area contributed by atoms with Crippen LogP contribution in [0.5, 0.6) is 5.75 Å². The summed E-state index contributed by atoms with van der Waals surface area (Å²) in [6, 6.07) is 13.9. The van der Waals surface area contributed by atoms with E-state index in [1.165, 1.54) is 12.0 Å². The van der Waals surface area contributed by atoms with Gasteiger partial charge < -0.3 is 23.9 Å². The van der Waals surface area contributed by atoms with Crippen LogP contribution in [-0.4, -0.2) is 39.9 Å². The lowest BCUT2D eigenvalue weighted by Crippen LogP contribution is -2.31. The Labute approximate surface area is 203 Å². The van der Waals surface area contributed by atoms with Crippen LogP contribution in [0.4, 0.5) is 5.69 Å². The molecule has 1 N–H and O–H groups in total. The number of methoxy groups -OCH3 is 1. The van der Waals surface area contributed by atoms with Gasteiger partial charge in [0.1, 0.15) is 17.3 Å². The lowest BCUT2D eigenvalue weighted by molar-refractivity contribution is 0.0755. The molecule has 2 heterocycles. The minimum atomic E-state index is -0.358. The second-order valence-electron chi connectivity index (χ2n) is 7.93. The van der Waals surface area contributed by atoms with Gasteiger partial charge in [-0.25, -0.2) is 4.98 Å².